The fraction of sp³-hybridized carbons (Fsp3) is 0. The van der Waals surface area contributed by atoms with Crippen LogP contribution in [-0.4, -0.2) is 9.97 Å². The van der Waals surface area contributed by atoms with Crippen molar-refractivity contribution in [3.05, 3.63) is 28.2 Å². The molecule has 0 radical (unpaired) electrons. The number of anilines is 1. The minimum Gasteiger partial charge on any atom is -0.368 e. The van der Waals surface area contributed by atoms with Crippen LogP contribution in [0, 0.1) is 0 Å². The number of hydrogen-bond acceptors (Lipinski definition) is 4. The molecule has 2 rings (SSSR count). The molecule has 0 atom stereocenters. The zero-order chi connectivity index (χ0) is 9.26. The van der Waals surface area contributed by atoms with Crippen LogP contribution in [0.4, 0.5) is 5.95 Å². The Morgan fingerprint density at radius 3 is 2.92 bits per heavy atom. The van der Waals surface area contributed by atoms with Gasteiger partial charge in [0, 0.05) is 16.0 Å². The van der Waals surface area contributed by atoms with Crippen LogP contribution in [-0.2, 0) is 0 Å². The molecular weight excluding hydrogens is 250 g/mol. The van der Waals surface area contributed by atoms with Gasteiger partial charge in [-0.1, -0.05) is 0 Å². The zero-order valence-electron chi connectivity index (χ0n) is 6.57. The SMILES string of the molecule is Nc1nccc(-c2cc(Br)cs2)n1. The highest BCUT2D eigenvalue weighted by Gasteiger charge is 2.02. The van der Waals surface area contributed by atoms with Gasteiger partial charge in [-0.25, -0.2) is 9.97 Å². The van der Waals surface area contributed by atoms with Gasteiger partial charge in [0.2, 0.25) is 5.95 Å². The van der Waals surface area contributed by atoms with E-state index < -0.39 is 0 Å². The van der Waals surface area contributed by atoms with Crippen LogP contribution >= 0.6 is 27.3 Å². The van der Waals surface area contributed by atoms with Gasteiger partial charge in [0.1, 0.15) is 0 Å². The van der Waals surface area contributed by atoms with Gasteiger partial charge in [0.05, 0.1) is 10.6 Å². The highest BCUT2D eigenvalue weighted by atomic mass is 79.9. The minimum atomic E-state index is 0.307. The van der Waals surface area contributed by atoms with E-state index in [0.29, 0.717) is 5.95 Å². The quantitative estimate of drug-likeness (QED) is 0.853. The number of rotatable bonds is 1. The van der Waals surface area contributed by atoms with E-state index in [2.05, 4.69) is 25.9 Å². The van der Waals surface area contributed by atoms with Crippen molar-refractivity contribution in [3.8, 4) is 10.6 Å². The van der Waals surface area contributed by atoms with Gasteiger partial charge < -0.3 is 5.73 Å². The second-order valence-corrected chi connectivity index (χ2v) is 4.26. The molecule has 0 aliphatic rings. The van der Waals surface area contributed by atoms with Crippen molar-refractivity contribution in [1.29, 1.82) is 0 Å². The Morgan fingerprint density at radius 2 is 2.31 bits per heavy atom. The molecule has 0 aromatic carbocycles. The molecule has 2 aromatic heterocycles. The number of hydrogen-bond donors (Lipinski definition) is 1. The van der Waals surface area contributed by atoms with Crippen molar-refractivity contribution < 1.29 is 0 Å². The van der Waals surface area contributed by atoms with Crippen molar-refractivity contribution in [2.24, 2.45) is 0 Å². The van der Waals surface area contributed by atoms with Crippen LogP contribution in [0.25, 0.3) is 10.6 Å². The molecule has 2 aromatic rings. The van der Waals surface area contributed by atoms with E-state index in [1.165, 1.54) is 0 Å². The summed E-state index contributed by atoms with van der Waals surface area (Å²) in [5.74, 6) is 0.307. The number of aromatic nitrogens is 2. The molecule has 0 aliphatic heterocycles. The fourth-order valence-electron chi connectivity index (χ4n) is 0.958. The maximum absolute atomic E-state index is 5.47. The summed E-state index contributed by atoms with van der Waals surface area (Å²) in [6.07, 6.45) is 1.66. The Morgan fingerprint density at radius 1 is 1.46 bits per heavy atom. The second kappa shape index (κ2) is 3.43. The third-order valence-electron chi connectivity index (χ3n) is 1.49. The Balaban J connectivity index is 2.46. The van der Waals surface area contributed by atoms with E-state index in [1.54, 1.807) is 17.5 Å². The summed E-state index contributed by atoms with van der Waals surface area (Å²) >= 11 is 5.00. The lowest BCUT2D eigenvalue weighted by Gasteiger charge is -1.95. The maximum atomic E-state index is 5.47. The molecule has 5 heteroatoms. The summed E-state index contributed by atoms with van der Waals surface area (Å²) in [4.78, 5) is 9.03. The monoisotopic (exact) mass is 255 g/mol. The summed E-state index contributed by atoms with van der Waals surface area (Å²) in [5.41, 5.74) is 6.34. The van der Waals surface area contributed by atoms with E-state index in [1.807, 2.05) is 17.5 Å². The largest absolute Gasteiger partial charge is 0.368 e. The molecule has 2 N–H and O–H groups in total. The number of nitrogen functional groups attached to an aromatic ring is 1. The normalized spacial score (nSPS) is 10.2. The summed E-state index contributed by atoms with van der Waals surface area (Å²) in [7, 11) is 0. The van der Waals surface area contributed by atoms with Gasteiger partial charge in [-0.2, -0.15) is 0 Å². The summed E-state index contributed by atoms with van der Waals surface area (Å²) < 4.78 is 1.06. The van der Waals surface area contributed by atoms with Crippen LogP contribution in [0.1, 0.15) is 0 Å². The van der Waals surface area contributed by atoms with E-state index in [0.717, 1.165) is 15.0 Å². The van der Waals surface area contributed by atoms with Gasteiger partial charge in [-0.3, -0.25) is 0 Å². The standard InChI is InChI=1S/C8H6BrN3S/c9-5-3-7(13-4-5)6-1-2-11-8(10)12-6/h1-4H,(H2,10,11,12). The molecule has 0 aliphatic carbocycles. The fourth-order valence-corrected chi connectivity index (χ4v) is 2.36. The first-order chi connectivity index (χ1) is 6.25. The molecule has 0 spiro atoms. The van der Waals surface area contributed by atoms with E-state index >= 15 is 0 Å². The second-order valence-electron chi connectivity index (χ2n) is 2.43. The summed E-state index contributed by atoms with van der Waals surface area (Å²) in [5, 5.41) is 2.01. The van der Waals surface area contributed by atoms with E-state index in [9.17, 15) is 0 Å². The predicted molar refractivity (Wildman–Crippen MR) is 57.5 cm³/mol. The molecule has 0 saturated carbocycles. The molecule has 0 amide bonds. The maximum Gasteiger partial charge on any atom is 0.220 e. The van der Waals surface area contributed by atoms with Gasteiger partial charge in [0.15, 0.2) is 0 Å². The topological polar surface area (TPSA) is 51.8 Å². The van der Waals surface area contributed by atoms with Crippen molar-refractivity contribution in [3.63, 3.8) is 0 Å². The Labute approximate surface area is 87.8 Å². The average Bonchev–Trinajstić information content (AvgIpc) is 2.52. The van der Waals surface area contributed by atoms with Gasteiger partial charge in [-0.15, -0.1) is 11.3 Å². The average molecular weight is 256 g/mol. The van der Waals surface area contributed by atoms with Gasteiger partial charge in [0.25, 0.3) is 0 Å². The number of thiophene rings is 1. The lowest BCUT2D eigenvalue weighted by atomic mass is 10.3. The Kier molecular flexibility index (Phi) is 2.28. The van der Waals surface area contributed by atoms with Crippen LogP contribution < -0.4 is 5.73 Å². The molecule has 0 fully saturated rings. The Hall–Kier alpha value is -0.940. The van der Waals surface area contributed by atoms with Crippen LogP contribution in [0.5, 0.6) is 0 Å². The van der Waals surface area contributed by atoms with Crippen molar-refractivity contribution in [2.45, 2.75) is 0 Å². The van der Waals surface area contributed by atoms with Crippen molar-refractivity contribution in [2.75, 3.05) is 5.73 Å². The first-order valence-corrected chi connectivity index (χ1v) is 5.26. The van der Waals surface area contributed by atoms with E-state index in [4.69, 9.17) is 5.73 Å². The number of nitrogens with zero attached hydrogens (tertiary/aromatic N) is 2. The van der Waals surface area contributed by atoms with E-state index in [-0.39, 0.29) is 0 Å². The highest BCUT2D eigenvalue weighted by molar-refractivity contribution is 9.10. The van der Waals surface area contributed by atoms with Crippen LogP contribution in [0.3, 0.4) is 0 Å². The lowest BCUT2D eigenvalue weighted by molar-refractivity contribution is 1.19. The molecular formula is C8H6BrN3S. The zero-order valence-corrected chi connectivity index (χ0v) is 8.97. The molecule has 0 unspecified atom stereocenters. The van der Waals surface area contributed by atoms with Crippen molar-refractivity contribution in [1.82, 2.24) is 9.97 Å². The Bertz CT molecular complexity index is 427. The predicted octanol–water partition coefficient (Wildman–Crippen LogP) is 2.55. The molecule has 13 heavy (non-hydrogen) atoms. The van der Waals surface area contributed by atoms with Crippen LogP contribution in [0.2, 0.25) is 0 Å². The number of halogens is 1. The molecule has 66 valence electrons. The van der Waals surface area contributed by atoms with Crippen LogP contribution in [0.15, 0.2) is 28.2 Å². The van der Waals surface area contributed by atoms with Crippen molar-refractivity contribution >= 4 is 33.2 Å². The third kappa shape index (κ3) is 1.87. The third-order valence-corrected chi connectivity index (χ3v) is 3.21. The number of nitrogens with two attached hydrogens (primary N) is 1. The summed E-state index contributed by atoms with van der Waals surface area (Å²) in [6, 6.07) is 3.85. The summed E-state index contributed by atoms with van der Waals surface area (Å²) in [6.45, 7) is 0. The molecule has 2 heterocycles. The van der Waals surface area contributed by atoms with Gasteiger partial charge >= 0.3 is 0 Å². The first kappa shape index (κ1) is 8.65. The highest BCUT2D eigenvalue weighted by Crippen LogP contribution is 2.28. The molecule has 3 nitrogen and oxygen atoms in total. The molecule has 0 bridgehead atoms. The first-order valence-electron chi connectivity index (χ1n) is 3.58. The molecule has 0 saturated heterocycles. The smallest absolute Gasteiger partial charge is 0.220 e. The minimum absolute atomic E-state index is 0.307. The lowest BCUT2D eigenvalue weighted by Crippen LogP contribution is -1.93. The van der Waals surface area contributed by atoms with Gasteiger partial charge in [-0.05, 0) is 28.1 Å².